The Balaban J connectivity index is 1.38. The molecule has 0 saturated heterocycles. The van der Waals surface area contributed by atoms with Gasteiger partial charge in [-0.3, -0.25) is 18.9 Å². The topological polar surface area (TPSA) is 150 Å². The lowest BCUT2D eigenvalue weighted by molar-refractivity contribution is -0.142. The first-order valence-electron chi connectivity index (χ1n) is 17.1. The van der Waals surface area contributed by atoms with Gasteiger partial charge in [-0.1, -0.05) is 18.1 Å². The first-order chi connectivity index (χ1) is 26.0. The highest BCUT2D eigenvalue weighted by Crippen LogP contribution is 2.68. The molecule has 11 nitrogen and oxygen atoms in total. The van der Waals surface area contributed by atoms with Gasteiger partial charge in [0.05, 0.1) is 29.0 Å². The Bertz CT molecular complexity index is 2580. The highest BCUT2D eigenvalue weighted by atomic mass is 32.2. The van der Waals surface area contributed by atoms with Gasteiger partial charge < -0.3 is 11.1 Å². The number of nitrogens with zero attached hydrogens (tertiary/aromatic N) is 5. The largest absolute Gasteiger partial charge is 0.435 e. The molecule has 1 fully saturated rings. The van der Waals surface area contributed by atoms with Crippen LogP contribution in [0.3, 0.4) is 0 Å². The lowest BCUT2D eigenvalue weighted by atomic mass is 9.93. The predicted octanol–water partition coefficient (Wildman–Crippen LogP) is 5.90. The number of para-hydroxylation sites is 1. The number of carbonyl (C=O) groups excluding carboxylic acids is 1. The predicted molar refractivity (Wildman–Crippen MR) is 190 cm³/mol. The van der Waals surface area contributed by atoms with Crippen LogP contribution in [0.5, 0.6) is 0 Å². The maximum Gasteiger partial charge on any atom is 0.435 e. The minimum atomic E-state index is -5.06. The summed E-state index contributed by atoms with van der Waals surface area (Å²) in [6, 6.07) is 9.34. The molecule has 2 aliphatic rings. The van der Waals surface area contributed by atoms with E-state index in [-0.39, 0.29) is 35.6 Å². The van der Waals surface area contributed by atoms with E-state index in [1.165, 1.54) is 4.68 Å². The number of aryl methyl sites for hydroxylation is 1. The summed E-state index contributed by atoms with van der Waals surface area (Å²) in [4.78, 5) is 18.6. The van der Waals surface area contributed by atoms with Crippen LogP contribution in [0.2, 0.25) is 0 Å². The van der Waals surface area contributed by atoms with Crippen molar-refractivity contribution in [2.45, 2.75) is 62.8 Å². The molecule has 2 aromatic carbocycles. The summed E-state index contributed by atoms with van der Waals surface area (Å²) in [6.45, 7) is 2.23. The van der Waals surface area contributed by atoms with Crippen LogP contribution < -0.4 is 15.8 Å². The average molecular weight is 803 g/mol. The zero-order valence-electron chi connectivity index (χ0n) is 30.1. The van der Waals surface area contributed by atoms with Crippen LogP contribution in [0.4, 0.5) is 36.6 Å². The van der Waals surface area contributed by atoms with E-state index in [1.54, 1.807) is 51.2 Å². The van der Waals surface area contributed by atoms with Crippen LogP contribution in [0.1, 0.15) is 66.1 Å². The van der Waals surface area contributed by atoms with E-state index in [2.05, 4.69) is 32.1 Å². The van der Waals surface area contributed by atoms with E-state index >= 15 is 8.78 Å². The number of pyridine rings is 1. The van der Waals surface area contributed by atoms with Gasteiger partial charge in [0.2, 0.25) is 15.9 Å². The highest BCUT2D eigenvalue weighted by molar-refractivity contribution is 7.92. The SMILES string of the molecule is Cn1nc(NS(C)(=O)=O)c2cccc(-c3ccc(C#CC(C)(C)N)nc3[C@H](Cc3cc(F)cc(F)c3)NC(=O)Cn3nc(C(F)(F)F)c4c3C(F)(F)[C@@H]3CC43)c21. The molecule has 0 spiro atoms. The number of anilines is 1. The number of halogens is 7. The Hall–Kier alpha value is -5.48. The Morgan fingerprint density at radius 1 is 1.07 bits per heavy atom. The second kappa shape index (κ2) is 13.3. The molecular formula is C37H33F7N8O3S. The lowest BCUT2D eigenvalue weighted by Crippen LogP contribution is -2.35. The molecule has 0 radical (unpaired) electrons. The summed E-state index contributed by atoms with van der Waals surface area (Å²) in [5.41, 5.74) is 3.34. The van der Waals surface area contributed by atoms with E-state index in [4.69, 9.17) is 10.7 Å². The van der Waals surface area contributed by atoms with Gasteiger partial charge >= 0.3 is 6.18 Å². The van der Waals surface area contributed by atoms with Gasteiger partial charge in [0.1, 0.15) is 29.6 Å². The molecule has 7 rings (SSSR count). The lowest BCUT2D eigenvalue weighted by Gasteiger charge is -2.23. The second-order valence-electron chi connectivity index (χ2n) is 14.6. The van der Waals surface area contributed by atoms with Gasteiger partial charge in [0.15, 0.2) is 11.5 Å². The number of nitrogens with two attached hydrogens (primary N) is 1. The van der Waals surface area contributed by atoms with Crippen molar-refractivity contribution in [3.63, 3.8) is 0 Å². The minimum Gasteiger partial charge on any atom is -0.346 e. The quantitative estimate of drug-likeness (QED) is 0.124. The number of rotatable bonds is 9. The maximum absolute atomic E-state index is 15.4. The molecule has 294 valence electrons. The van der Waals surface area contributed by atoms with Gasteiger partial charge in [-0.15, -0.1) is 0 Å². The summed E-state index contributed by atoms with van der Waals surface area (Å²) in [5, 5.41) is 10.8. The van der Waals surface area contributed by atoms with E-state index in [1.807, 2.05) is 0 Å². The Morgan fingerprint density at radius 2 is 1.77 bits per heavy atom. The molecule has 56 heavy (non-hydrogen) atoms. The number of fused-ring (bicyclic) bond motifs is 4. The molecule has 2 aliphatic carbocycles. The van der Waals surface area contributed by atoms with Gasteiger partial charge in [-0.25, -0.2) is 22.2 Å². The Kier molecular flexibility index (Phi) is 9.23. The van der Waals surface area contributed by atoms with Crippen molar-refractivity contribution >= 4 is 32.7 Å². The van der Waals surface area contributed by atoms with Gasteiger partial charge in [0.25, 0.3) is 5.92 Å². The molecule has 19 heteroatoms. The number of hydrogen-bond acceptors (Lipinski definition) is 7. The summed E-state index contributed by atoms with van der Waals surface area (Å²) in [6.07, 6.45) is -4.61. The fraction of sp³-hybridized carbons (Fsp3) is 0.351. The minimum absolute atomic E-state index is 0.00790. The molecule has 3 heterocycles. The van der Waals surface area contributed by atoms with Gasteiger partial charge in [-0.2, -0.15) is 32.1 Å². The van der Waals surface area contributed by atoms with Gasteiger partial charge in [0, 0.05) is 41.1 Å². The molecular weight excluding hydrogens is 770 g/mol. The number of hydrogen-bond donors (Lipinski definition) is 3. The van der Waals surface area contributed by atoms with Crippen LogP contribution >= 0.6 is 0 Å². The number of carbonyl (C=O) groups is 1. The van der Waals surface area contributed by atoms with Crippen molar-refractivity contribution in [2.75, 3.05) is 11.0 Å². The van der Waals surface area contributed by atoms with Crippen molar-refractivity contribution < 1.29 is 43.9 Å². The van der Waals surface area contributed by atoms with Crippen LogP contribution in [0.25, 0.3) is 22.0 Å². The van der Waals surface area contributed by atoms with Crippen molar-refractivity contribution in [3.05, 3.63) is 94.1 Å². The van der Waals surface area contributed by atoms with E-state index in [9.17, 15) is 35.2 Å². The number of nitrogens with one attached hydrogen (secondary N) is 2. The molecule has 3 aromatic heterocycles. The van der Waals surface area contributed by atoms with Crippen LogP contribution in [-0.4, -0.2) is 50.7 Å². The second-order valence-corrected chi connectivity index (χ2v) is 16.3. The monoisotopic (exact) mass is 802 g/mol. The van der Waals surface area contributed by atoms with Crippen molar-refractivity contribution in [3.8, 4) is 23.0 Å². The molecule has 4 N–H and O–H groups in total. The number of alkyl halides is 5. The van der Waals surface area contributed by atoms with Crippen molar-refractivity contribution in [2.24, 2.45) is 18.7 Å². The summed E-state index contributed by atoms with van der Waals surface area (Å²) in [7, 11) is -2.21. The molecule has 1 saturated carbocycles. The summed E-state index contributed by atoms with van der Waals surface area (Å²) in [5.74, 6) is -3.28. The number of benzene rings is 2. The van der Waals surface area contributed by atoms with E-state index in [0.717, 1.165) is 18.4 Å². The number of amides is 1. The third kappa shape index (κ3) is 7.54. The first kappa shape index (κ1) is 38.8. The molecule has 0 bridgehead atoms. The fourth-order valence-electron chi connectivity index (χ4n) is 7.22. The number of sulfonamides is 1. The first-order valence-corrected chi connectivity index (χ1v) is 19.0. The molecule has 0 aliphatic heterocycles. The van der Waals surface area contributed by atoms with Gasteiger partial charge in [-0.05, 0) is 74.4 Å². The highest BCUT2D eigenvalue weighted by Gasteiger charge is 2.68. The van der Waals surface area contributed by atoms with Crippen LogP contribution in [-0.2, 0) is 46.9 Å². The zero-order valence-corrected chi connectivity index (χ0v) is 30.9. The van der Waals surface area contributed by atoms with Crippen molar-refractivity contribution in [1.29, 1.82) is 0 Å². The molecule has 1 amide bonds. The molecule has 5 aromatic rings. The average Bonchev–Trinajstić information content (AvgIpc) is 3.61. The third-order valence-electron chi connectivity index (χ3n) is 9.40. The Labute approximate surface area is 315 Å². The van der Waals surface area contributed by atoms with E-state index in [0.29, 0.717) is 32.8 Å². The summed E-state index contributed by atoms with van der Waals surface area (Å²) < 4.78 is 130. The summed E-state index contributed by atoms with van der Waals surface area (Å²) >= 11 is 0. The Morgan fingerprint density at radius 3 is 2.41 bits per heavy atom. The smallest absolute Gasteiger partial charge is 0.346 e. The zero-order chi connectivity index (χ0) is 40.7. The number of aromatic nitrogens is 5. The molecule has 1 unspecified atom stereocenters. The van der Waals surface area contributed by atoms with Crippen molar-refractivity contribution in [1.82, 2.24) is 29.9 Å². The van der Waals surface area contributed by atoms with Crippen LogP contribution in [0, 0.1) is 29.4 Å². The third-order valence-corrected chi connectivity index (χ3v) is 9.96. The molecule has 3 atom stereocenters. The van der Waals surface area contributed by atoms with Crippen LogP contribution in [0.15, 0.2) is 48.5 Å². The maximum atomic E-state index is 15.4. The fourth-order valence-corrected chi connectivity index (χ4v) is 7.72. The normalized spacial score (nSPS) is 17.9. The van der Waals surface area contributed by atoms with E-state index < -0.39 is 86.6 Å². The standard InChI is InChI=1S/C37H33F7N8O3S/c1-35(2,45)11-10-21-8-9-22(23-6-5-7-24-31(23)51(3)49-34(24)50-56(4,54)55)30(46-21)27(14-18-12-19(38)15-20(39)13-18)47-28(53)17-52-33-29(32(48-52)37(42,43)44)25-16-26(25)36(33,40)41/h5-9,12-13,15,25-27H,14,16-17,45H2,1-4H3,(H,47,53)(H,49,50)/t25?,26-,27+/m1/s1.